The van der Waals surface area contributed by atoms with Gasteiger partial charge < -0.3 is 16.4 Å². The number of amides is 1. The molecule has 1 aliphatic rings. The SMILES string of the molecule is CN1CC(=O)NC1c1ccc(N)cc1.CNCc1ccccc1. The summed E-state index contributed by atoms with van der Waals surface area (Å²) < 4.78 is 0. The molecule has 1 saturated heterocycles. The standard InChI is InChI=1S/C10H13N3O.C8H11N/c1-13-6-9(14)12-10(13)7-2-4-8(11)5-3-7;1-9-7-8-5-3-2-4-6-8/h2-5,10H,6,11H2,1H3,(H,12,14);2-6,9H,7H2,1H3. The fourth-order valence-corrected chi connectivity index (χ4v) is 2.44. The smallest absolute Gasteiger partial charge is 0.235 e. The first-order valence-electron chi connectivity index (χ1n) is 7.63. The molecule has 1 unspecified atom stereocenters. The molecule has 0 aromatic heterocycles. The van der Waals surface area contributed by atoms with Crippen LogP contribution in [0.1, 0.15) is 17.3 Å². The lowest BCUT2D eigenvalue weighted by Gasteiger charge is -2.18. The van der Waals surface area contributed by atoms with Gasteiger partial charge in [-0.25, -0.2) is 0 Å². The predicted octanol–water partition coefficient (Wildman–Crippen LogP) is 1.73. The Bertz CT molecular complexity index is 613. The molecule has 2 aromatic rings. The van der Waals surface area contributed by atoms with Crippen molar-refractivity contribution >= 4 is 11.6 Å². The van der Waals surface area contributed by atoms with Gasteiger partial charge in [-0.2, -0.15) is 0 Å². The molecule has 0 saturated carbocycles. The predicted molar refractivity (Wildman–Crippen MR) is 93.6 cm³/mol. The summed E-state index contributed by atoms with van der Waals surface area (Å²) >= 11 is 0. The summed E-state index contributed by atoms with van der Waals surface area (Å²) in [6, 6.07) is 17.9. The average Bonchev–Trinajstić information content (AvgIpc) is 2.89. The van der Waals surface area contributed by atoms with E-state index in [9.17, 15) is 4.79 Å². The van der Waals surface area contributed by atoms with Crippen LogP contribution < -0.4 is 16.4 Å². The molecule has 0 radical (unpaired) electrons. The lowest BCUT2D eigenvalue weighted by Crippen LogP contribution is -2.24. The van der Waals surface area contributed by atoms with Crippen molar-refractivity contribution in [2.45, 2.75) is 12.7 Å². The van der Waals surface area contributed by atoms with Crippen molar-refractivity contribution in [1.82, 2.24) is 15.5 Å². The zero-order chi connectivity index (χ0) is 16.7. The molecule has 2 aromatic carbocycles. The van der Waals surface area contributed by atoms with E-state index in [-0.39, 0.29) is 12.1 Å². The Morgan fingerprint density at radius 1 is 1.17 bits per heavy atom. The zero-order valence-electron chi connectivity index (χ0n) is 13.6. The number of rotatable bonds is 3. The Hall–Kier alpha value is -2.37. The quantitative estimate of drug-likeness (QED) is 0.755. The van der Waals surface area contributed by atoms with Crippen LogP contribution in [0.15, 0.2) is 54.6 Å². The van der Waals surface area contributed by atoms with Crippen molar-refractivity contribution in [2.75, 3.05) is 26.4 Å². The molecule has 23 heavy (non-hydrogen) atoms. The molecule has 122 valence electrons. The number of carbonyl (C=O) groups excluding carboxylic acids is 1. The molecular formula is C18H24N4O. The lowest BCUT2D eigenvalue weighted by atomic mass is 10.1. The van der Waals surface area contributed by atoms with Gasteiger partial charge in [-0.15, -0.1) is 0 Å². The number of carbonyl (C=O) groups is 1. The Morgan fingerprint density at radius 2 is 1.83 bits per heavy atom. The van der Waals surface area contributed by atoms with Crippen molar-refractivity contribution in [2.24, 2.45) is 0 Å². The largest absolute Gasteiger partial charge is 0.399 e. The van der Waals surface area contributed by atoms with Gasteiger partial charge in [0.25, 0.3) is 0 Å². The molecule has 5 nitrogen and oxygen atoms in total. The normalized spacial score (nSPS) is 17.3. The van der Waals surface area contributed by atoms with Crippen molar-refractivity contribution in [3.63, 3.8) is 0 Å². The van der Waals surface area contributed by atoms with Crippen molar-refractivity contribution < 1.29 is 4.79 Å². The molecule has 0 spiro atoms. The summed E-state index contributed by atoms with van der Waals surface area (Å²) in [6.07, 6.45) is -0.0110. The Morgan fingerprint density at radius 3 is 2.35 bits per heavy atom. The van der Waals surface area contributed by atoms with Crippen LogP contribution in [0.25, 0.3) is 0 Å². The van der Waals surface area contributed by atoms with Crippen LogP contribution >= 0.6 is 0 Å². The minimum atomic E-state index is -0.0110. The van der Waals surface area contributed by atoms with Gasteiger partial charge in [0, 0.05) is 12.2 Å². The Labute approximate surface area is 137 Å². The molecule has 3 rings (SSSR count). The van der Waals surface area contributed by atoms with Crippen LogP contribution in [0.4, 0.5) is 5.69 Å². The molecule has 0 aliphatic carbocycles. The van der Waals surface area contributed by atoms with Gasteiger partial charge in [0.2, 0.25) is 5.91 Å². The van der Waals surface area contributed by atoms with E-state index in [4.69, 9.17) is 5.73 Å². The second kappa shape index (κ2) is 8.31. The molecule has 1 heterocycles. The molecule has 0 bridgehead atoms. The summed E-state index contributed by atoms with van der Waals surface area (Å²) in [6.45, 7) is 1.41. The van der Waals surface area contributed by atoms with Crippen LogP contribution in [0.5, 0.6) is 0 Å². The van der Waals surface area contributed by atoms with E-state index >= 15 is 0 Å². The zero-order valence-corrected chi connectivity index (χ0v) is 13.6. The highest BCUT2D eigenvalue weighted by atomic mass is 16.2. The number of likely N-dealkylation sites (N-methyl/N-ethyl adjacent to an activating group) is 1. The van der Waals surface area contributed by atoms with E-state index in [0.717, 1.165) is 17.8 Å². The number of nitrogen functional groups attached to an aromatic ring is 1. The fraction of sp³-hybridized carbons (Fsp3) is 0.278. The molecule has 1 atom stereocenters. The van der Waals surface area contributed by atoms with E-state index in [1.807, 2.05) is 61.5 Å². The van der Waals surface area contributed by atoms with E-state index in [0.29, 0.717) is 6.54 Å². The highest BCUT2D eigenvalue weighted by Crippen LogP contribution is 2.20. The maximum atomic E-state index is 11.1. The van der Waals surface area contributed by atoms with Crippen LogP contribution in [-0.2, 0) is 11.3 Å². The highest BCUT2D eigenvalue weighted by molar-refractivity contribution is 5.80. The van der Waals surface area contributed by atoms with Gasteiger partial charge in [0.05, 0.1) is 6.54 Å². The monoisotopic (exact) mass is 312 g/mol. The average molecular weight is 312 g/mol. The summed E-state index contributed by atoms with van der Waals surface area (Å²) in [5.41, 5.74) is 8.72. The highest BCUT2D eigenvalue weighted by Gasteiger charge is 2.27. The number of nitrogens with one attached hydrogen (secondary N) is 2. The Kier molecular flexibility index (Phi) is 6.14. The second-order valence-corrected chi connectivity index (χ2v) is 5.57. The topological polar surface area (TPSA) is 70.4 Å². The summed E-state index contributed by atoms with van der Waals surface area (Å²) in [7, 11) is 3.87. The summed E-state index contributed by atoms with van der Waals surface area (Å²) in [5.74, 6) is 0.0642. The number of benzene rings is 2. The van der Waals surface area contributed by atoms with Gasteiger partial charge in [0.1, 0.15) is 6.17 Å². The van der Waals surface area contributed by atoms with E-state index in [1.165, 1.54) is 5.56 Å². The molecular weight excluding hydrogens is 288 g/mol. The van der Waals surface area contributed by atoms with Crippen LogP contribution in [0.3, 0.4) is 0 Å². The number of nitrogens with two attached hydrogens (primary N) is 1. The first-order chi connectivity index (χ1) is 11.1. The molecule has 4 N–H and O–H groups in total. The van der Waals surface area contributed by atoms with Crippen LogP contribution in [0, 0.1) is 0 Å². The van der Waals surface area contributed by atoms with Crippen molar-refractivity contribution in [3.05, 3.63) is 65.7 Å². The molecule has 5 heteroatoms. The van der Waals surface area contributed by atoms with Crippen LogP contribution in [0.2, 0.25) is 0 Å². The Balaban J connectivity index is 0.000000185. The van der Waals surface area contributed by atoms with Gasteiger partial charge in [-0.1, -0.05) is 42.5 Å². The first kappa shape index (κ1) is 17.0. The van der Waals surface area contributed by atoms with E-state index in [2.05, 4.69) is 22.8 Å². The third-order valence-corrected chi connectivity index (χ3v) is 3.61. The second-order valence-electron chi connectivity index (χ2n) is 5.57. The lowest BCUT2D eigenvalue weighted by molar-refractivity contribution is -0.118. The van der Waals surface area contributed by atoms with Crippen molar-refractivity contribution in [3.8, 4) is 0 Å². The summed E-state index contributed by atoms with van der Waals surface area (Å²) in [4.78, 5) is 13.1. The van der Waals surface area contributed by atoms with Gasteiger partial charge >= 0.3 is 0 Å². The van der Waals surface area contributed by atoms with Gasteiger partial charge in [-0.05, 0) is 37.4 Å². The molecule has 1 aliphatic heterocycles. The number of nitrogens with zero attached hydrogens (tertiary/aromatic N) is 1. The van der Waals surface area contributed by atoms with E-state index in [1.54, 1.807) is 0 Å². The molecule has 1 amide bonds. The van der Waals surface area contributed by atoms with E-state index < -0.39 is 0 Å². The maximum Gasteiger partial charge on any atom is 0.235 e. The van der Waals surface area contributed by atoms with Gasteiger partial charge in [-0.3, -0.25) is 9.69 Å². The first-order valence-corrected chi connectivity index (χ1v) is 7.63. The number of hydrogen-bond acceptors (Lipinski definition) is 4. The third-order valence-electron chi connectivity index (χ3n) is 3.61. The summed E-state index contributed by atoms with van der Waals surface area (Å²) in [5, 5.41) is 5.97. The third kappa shape index (κ3) is 5.09. The minimum absolute atomic E-state index is 0.0110. The maximum absolute atomic E-state index is 11.1. The minimum Gasteiger partial charge on any atom is -0.399 e. The van der Waals surface area contributed by atoms with Crippen molar-refractivity contribution in [1.29, 1.82) is 0 Å². The van der Waals surface area contributed by atoms with Gasteiger partial charge in [0.15, 0.2) is 0 Å². The van der Waals surface area contributed by atoms with Crippen LogP contribution in [-0.4, -0.2) is 31.4 Å². The fourth-order valence-electron chi connectivity index (χ4n) is 2.44. The number of anilines is 1. The number of hydrogen-bond donors (Lipinski definition) is 3. The molecule has 1 fully saturated rings.